The summed E-state index contributed by atoms with van der Waals surface area (Å²) in [5.74, 6) is -3.61. The number of aliphatic imine (C=N–C) groups is 1. The Morgan fingerprint density at radius 2 is 1.50 bits per heavy atom. The quantitative estimate of drug-likeness (QED) is 0.0832. The van der Waals surface area contributed by atoms with Crippen LogP contribution in [0.1, 0.15) is 39.2 Å². The normalized spacial score (nSPS) is 14.1. The van der Waals surface area contributed by atoms with E-state index in [0.717, 1.165) is 0 Å². The van der Waals surface area contributed by atoms with Crippen LogP contribution in [0.2, 0.25) is 0 Å². The molecule has 0 heterocycles. The number of carbonyl (C=O) groups excluding carboxylic acids is 3. The highest BCUT2D eigenvalue weighted by Gasteiger charge is 2.31. The molecule has 0 saturated heterocycles. The summed E-state index contributed by atoms with van der Waals surface area (Å²) in [7, 11) is 0. The molecular formula is C23H37N7O6. The Kier molecular flexibility index (Phi) is 12.2. The molecule has 13 nitrogen and oxygen atoms in total. The maximum absolute atomic E-state index is 13.1. The van der Waals surface area contributed by atoms with Gasteiger partial charge < -0.3 is 43.4 Å². The molecule has 1 rings (SSSR count). The Labute approximate surface area is 209 Å². The van der Waals surface area contributed by atoms with Gasteiger partial charge in [-0.15, -0.1) is 0 Å². The number of phenols is 1. The van der Waals surface area contributed by atoms with Crippen molar-refractivity contribution in [2.24, 2.45) is 28.1 Å². The van der Waals surface area contributed by atoms with Gasteiger partial charge >= 0.3 is 5.97 Å². The maximum atomic E-state index is 13.1. The van der Waals surface area contributed by atoms with Gasteiger partial charge in [0.15, 0.2) is 5.96 Å². The number of benzene rings is 1. The van der Waals surface area contributed by atoms with E-state index in [-0.39, 0.29) is 31.1 Å². The molecule has 0 aromatic heterocycles. The summed E-state index contributed by atoms with van der Waals surface area (Å²) in [6.07, 6.45) is 0.454. The van der Waals surface area contributed by atoms with Crippen molar-refractivity contribution in [1.82, 2.24) is 16.0 Å². The van der Waals surface area contributed by atoms with Crippen LogP contribution in [0.5, 0.6) is 5.75 Å². The van der Waals surface area contributed by atoms with Gasteiger partial charge in [0.05, 0.1) is 6.04 Å². The molecule has 11 N–H and O–H groups in total. The monoisotopic (exact) mass is 507 g/mol. The van der Waals surface area contributed by atoms with E-state index < -0.39 is 53.8 Å². The molecule has 0 aliphatic rings. The summed E-state index contributed by atoms with van der Waals surface area (Å²) in [6, 6.07) is 1.85. The van der Waals surface area contributed by atoms with Crippen LogP contribution < -0.4 is 33.2 Å². The maximum Gasteiger partial charge on any atom is 0.326 e. The number of aromatic hydroxyl groups is 1. The van der Waals surface area contributed by atoms with Crippen molar-refractivity contribution in [2.45, 2.75) is 64.2 Å². The number of rotatable bonds is 14. The number of carboxylic acid groups (broad SMARTS) is 1. The fourth-order valence-corrected chi connectivity index (χ4v) is 3.19. The lowest BCUT2D eigenvalue weighted by molar-refractivity contribution is -0.142. The van der Waals surface area contributed by atoms with E-state index in [1.807, 2.05) is 0 Å². The molecule has 0 spiro atoms. The summed E-state index contributed by atoms with van der Waals surface area (Å²) in [5, 5.41) is 26.6. The third kappa shape index (κ3) is 10.6. The number of hydrogen-bond acceptors (Lipinski definition) is 7. The predicted molar refractivity (Wildman–Crippen MR) is 134 cm³/mol. The van der Waals surface area contributed by atoms with E-state index in [1.54, 1.807) is 26.0 Å². The molecular weight excluding hydrogens is 470 g/mol. The summed E-state index contributed by atoms with van der Waals surface area (Å²) < 4.78 is 0. The van der Waals surface area contributed by atoms with Crippen LogP contribution in [0.25, 0.3) is 0 Å². The number of nitrogens with two attached hydrogens (primary N) is 3. The molecule has 3 amide bonds. The largest absolute Gasteiger partial charge is 0.508 e. The fourth-order valence-electron chi connectivity index (χ4n) is 3.19. The Morgan fingerprint density at radius 1 is 0.917 bits per heavy atom. The van der Waals surface area contributed by atoms with Crippen molar-refractivity contribution in [1.29, 1.82) is 0 Å². The molecule has 1 aromatic carbocycles. The molecule has 0 aliphatic heterocycles. The molecule has 0 radical (unpaired) electrons. The molecule has 1 aromatic rings. The van der Waals surface area contributed by atoms with Crippen molar-refractivity contribution in [3.63, 3.8) is 0 Å². The van der Waals surface area contributed by atoms with Gasteiger partial charge in [0.25, 0.3) is 0 Å². The van der Waals surface area contributed by atoms with Gasteiger partial charge in [-0.3, -0.25) is 19.4 Å². The van der Waals surface area contributed by atoms with Gasteiger partial charge in [-0.1, -0.05) is 26.0 Å². The van der Waals surface area contributed by atoms with Crippen LogP contribution in [0, 0.1) is 5.92 Å². The smallest absolute Gasteiger partial charge is 0.326 e. The van der Waals surface area contributed by atoms with Crippen LogP contribution in [0.4, 0.5) is 0 Å². The SMILES string of the molecule is CC(N)C(=O)NC(Cc1ccc(O)cc1)C(=O)NC(C(=O)NC(CCCN=C(N)N)C(=O)O)C(C)C. The first kappa shape index (κ1) is 30.2. The van der Waals surface area contributed by atoms with Gasteiger partial charge in [-0.2, -0.15) is 0 Å². The minimum Gasteiger partial charge on any atom is -0.508 e. The third-order valence-electron chi connectivity index (χ3n) is 5.23. The number of carboxylic acids is 1. The van der Waals surface area contributed by atoms with E-state index in [2.05, 4.69) is 20.9 Å². The van der Waals surface area contributed by atoms with Crippen molar-refractivity contribution >= 4 is 29.7 Å². The predicted octanol–water partition coefficient (Wildman–Crippen LogP) is -1.47. The molecule has 4 unspecified atom stereocenters. The first-order valence-corrected chi connectivity index (χ1v) is 11.5. The van der Waals surface area contributed by atoms with E-state index in [4.69, 9.17) is 17.2 Å². The van der Waals surface area contributed by atoms with Gasteiger partial charge in [0.1, 0.15) is 23.9 Å². The van der Waals surface area contributed by atoms with Crippen molar-refractivity contribution in [3.05, 3.63) is 29.8 Å². The number of aliphatic carboxylic acids is 1. The zero-order valence-corrected chi connectivity index (χ0v) is 20.7. The van der Waals surface area contributed by atoms with E-state index in [9.17, 15) is 29.4 Å². The zero-order valence-electron chi connectivity index (χ0n) is 20.7. The van der Waals surface area contributed by atoms with E-state index in [0.29, 0.717) is 12.0 Å². The lowest BCUT2D eigenvalue weighted by Gasteiger charge is -2.27. The summed E-state index contributed by atoms with van der Waals surface area (Å²) in [4.78, 5) is 53.7. The highest BCUT2D eigenvalue weighted by molar-refractivity contribution is 5.94. The number of hydrogen-bond donors (Lipinski definition) is 8. The zero-order chi connectivity index (χ0) is 27.4. The van der Waals surface area contributed by atoms with Crippen LogP contribution >= 0.6 is 0 Å². The lowest BCUT2D eigenvalue weighted by atomic mass is 10.00. The number of carbonyl (C=O) groups is 4. The van der Waals surface area contributed by atoms with E-state index in [1.165, 1.54) is 19.1 Å². The number of guanidine groups is 1. The lowest BCUT2D eigenvalue weighted by Crippen LogP contribution is -2.58. The van der Waals surface area contributed by atoms with Gasteiger partial charge in [0.2, 0.25) is 17.7 Å². The van der Waals surface area contributed by atoms with Gasteiger partial charge in [0, 0.05) is 13.0 Å². The number of phenolic OH excluding ortho intramolecular Hbond substituents is 1. The average molecular weight is 508 g/mol. The second-order valence-corrected chi connectivity index (χ2v) is 8.80. The van der Waals surface area contributed by atoms with E-state index >= 15 is 0 Å². The van der Waals surface area contributed by atoms with Crippen molar-refractivity contribution in [3.8, 4) is 5.75 Å². The minimum absolute atomic E-state index is 0.0437. The summed E-state index contributed by atoms with van der Waals surface area (Å²) in [5.41, 5.74) is 16.8. The highest BCUT2D eigenvalue weighted by Crippen LogP contribution is 2.12. The standard InChI is InChI=1S/C23H37N7O6/c1-12(2)18(21(34)28-16(22(35)36)5-4-10-27-23(25)26)30-20(33)17(29-19(32)13(3)24)11-14-6-8-15(31)9-7-14/h6-9,12-13,16-18,31H,4-5,10-11,24H2,1-3H3,(H,28,34)(H,29,32)(H,30,33)(H,35,36)(H4,25,26,27). The number of amides is 3. The Balaban J connectivity index is 2.98. The molecule has 4 atom stereocenters. The van der Waals surface area contributed by atoms with Crippen LogP contribution in [-0.2, 0) is 25.6 Å². The molecule has 0 bridgehead atoms. The Hall–Kier alpha value is -3.87. The van der Waals surface area contributed by atoms with Crippen LogP contribution in [0.15, 0.2) is 29.3 Å². The fraction of sp³-hybridized carbons (Fsp3) is 0.522. The second-order valence-electron chi connectivity index (χ2n) is 8.80. The minimum atomic E-state index is -1.24. The Morgan fingerprint density at radius 3 is 2.00 bits per heavy atom. The second kappa shape index (κ2) is 14.5. The van der Waals surface area contributed by atoms with Crippen LogP contribution in [-0.4, -0.2) is 70.6 Å². The first-order chi connectivity index (χ1) is 16.8. The molecule has 36 heavy (non-hydrogen) atoms. The summed E-state index contributed by atoms with van der Waals surface area (Å²) >= 11 is 0. The first-order valence-electron chi connectivity index (χ1n) is 11.5. The molecule has 13 heteroatoms. The highest BCUT2D eigenvalue weighted by atomic mass is 16.4. The summed E-state index contributed by atoms with van der Waals surface area (Å²) in [6.45, 7) is 5.04. The van der Waals surface area contributed by atoms with Gasteiger partial charge in [-0.25, -0.2) is 4.79 Å². The molecule has 0 fully saturated rings. The molecule has 200 valence electrons. The molecule has 0 aliphatic carbocycles. The third-order valence-corrected chi connectivity index (χ3v) is 5.23. The molecule has 0 saturated carbocycles. The van der Waals surface area contributed by atoms with Crippen molar-refractivity contribution < 1.29 is 29.4 Å². The topological polar surface area (TPSA) is 235 Å². The Bertz CT molecular complexity index is 929. The number of nitrogens with zero attached hydrogens (tertiary/aromatic N) is 1. The average Bonchev–Trinajstić information content (AvgIpc) is 2.79. The van der Waals surface area contributed by atoms with Gasteiger partial charge in [-0.05, 0) is 43.4 Å². The number of nitrogens with one attached hydrogen (secondary N) is 3. The van der Waals surface area contributed by atoms with Crippen LogP contribution in [0.3, 0.4) is 0 Å². The van der Waals surface area contributed by atoms with Crippen molar-refractivity contribution in [2.75, 3.05) is 6.54 Å².